The highest BCUT2D eigenvalue weighted by atomic mass is 16.1. The van der Waals surface area contributed by atoms with Crippen LogP contribution >= 0.6 is 0 Å². The van der Waals surface area contributed by atoms with Crippen molar-refractivity contribution >= 4 is 6.29 Å². The molecule has 29 valence electrons. The summed E-state index contributed by atoms with van der Waals surface area (Å²) in [6.45, 7) is 1.52. The third-order valence-corrected chi connectivity index (χ3v) is 0.204. The van der Waals surface area contributed by atoms with Crippen LogP contribution in [0.4, 0.5) is 0 Å². The first-order valence-electron chi connectivity index (χ1n) is 1.44. The molecule has 0 saturated carbocycles. The van der Waals surface area contributed by atoms with E-state index in [9.17, 15) is 4.79 Å². The fourth-order valence-corrected chi connectivity index (χ4v) is 0. The summed E-state index contributed by atoms with van der Waals surface area (Å²) in [5, 5.41) is 0. The normalized spacial score (nSPS) is 14.0. The lowest BCUT2D eigenvalue weighted by Gasteiger charge is -1.78. The van der Waals surface area contributed by atoms with E-state index in [1.165, 1.54) is 6.92 Å². The lowest BCUT2D eigenvalue weighted by Crippen LogP contribution is -2.01. The lowest BCUT2D eigenvalue weighted by atomic mass is 10.4. The standard InChI is InChI=1S/C3H6NO/c1-3(4)2-5/h2-4H,1H3. The number of rotatable bonds is 1. The smallest absolute Gasteiger partial charge is 0.137 e. The maximum atomic E-state index is 9.32. The van der Waals surface area contributed by atoms with Crippen LogP contribution in [0, 0.1) is 0 Å². The molecule has 1 atom stereocenters. The molecule has 0 aromatic carbocycles. The zero-order chi connectivity index (χ0) is 4.28. The van der Waals surface area contributed by atoms with Gasteiger partial charge in [0.25, 0.3) is 0 Å². The van der Waals surface area contributed by atoms with E-state index < -0.39 is 6.04 Å². The maximum Gasteiger partial charge on any atom is 0.137 e. The number of carbonyl (C=O) groups is 1. The second-order valence-electron chi connectivity index (χ2n) is 0.925. The van der Waals surface area contributed by atoms with Crippen molar-refractivity contribution in [1.82, 2.24) is 5.73 Å². The highest BCUT2D eigenvalue weighted by Gasteiger charge is 1.80. The van der Waals surface area contributed by atoms with Crippen molar-refractivity contribution in [2.45, 2.75) is 13.0 Å². The van der Waals surface area contributed by atoms with Crippen LogP contribution in [-0.4, -0.2) is 12.3 Å². The molecule has 0 amide bonds. The number of hydrogen-bond acceptors (Lipinski definition) is 1. The third-order valence-electron chi connectivity index (χ3n) is 0.204. The van der Waals surface area contributed by atoms with Gasteiger partial charge in [-0.15, -0.1) is 0 Å². The molecule has 5 heavy (non-hydrogen) atoms. The van der Waals surface area contributed by atoms with Crippen molar-refractivity contribution in [2.24, 2.45) is 0 Å². The molecule has 0 aliphatic rings. The van der Waals surface area contributed by atoms with E-state index in [0.29, 0.717) is 6.29 Å². The topological polar surface area (TPSA) is 40.9 Å². The molecule has 0 aliphatic heterocycles. The van der Waals surface area contributed by atoms with Gasteiger partial charge in [0.2, 0.25) is 0 Å². The Morgan fingerprint density at radius 3 is 2.20 bits per heavy atom. The molecule has 0 spiro atoms. The van der Waals surface area contributed by atoms with Crippen molar-refractivity contribution < 1.29 is 4.79 Å². The molecule has 0 aromatic rings. The molecule has 0 heterocycles. The third kappa shape index (κ3) is 3.63. The minimum absolute atomic E-state index is 0.546. The number of nitrogens with one attached hydrogen (secondary N) is 1. The van der Waals surface area contributed by atoms with Crippen LogP contribution in [0.2, 0.25) is 0 Å². The van der Waals surface area contributed by atoms with Crippen LogP contribution in [0.3, 0.4) is 0 Å². The first-order valence-corrected chi connectivity index (χ1v) is 1.44. The summed E-state index contributed by atoms with van der Waals surface area (Å²) in [6.07, 6.45) is 0.583. The molecular weight excluding hydrogens is 66.0 g/mol. The Labute approximate surface area is 31.0 Å². The zero-order valence-electron chi connectivity index (χ0n) is 3.06. The van der Waals surface area contributed by atoms with Crippen molar-refractivity contribution in [1.29, 1.82) is 0 Å². The maximum absolute atomic E-state index is 9.32. The van der Waals surface area contributed by atoms with E-state index in [1.807, 2.05) is 0 Å². The molecule has 1 N–H and O–H groups in total. The molecule has 1 radical (unpaired) electrons. The van der Waals surface area contributed by atoms with E-state index in [-0.39, 0.29) is 0 Å². The molecule has 2 heteroatoms. The summed E-state index contributed by atoms with van der Waals surface area (Å²) in [4.78, 5) is 9.32. The second kappa shape index (κ2) is 1.91. The highest BCUT2D eigenvalue weighted by Crippen LogP contribution is 1.60. The monoisotopic (exact) mass is 72.0 g/mol. The van der Waals surface area contributed by atoms with E-state index in [2.05, 4.69) is 0 Å². The number of hydrogen-bond donors (Lipinski definition) is 0. The summed E-state index contributed by atoms with van der Waals surface area (Å²) in [6, 6.07) is -0.546. The summed E-state index contributed by atoms with van der Waals surface area (Å²) in [7, 11) is 0. The highest BCUT2D eigenvalue weighted by molar-refractivity contribution is 5.55. The van der Waals surface area contributed by atoms with Crippen LogP contribution in [0.5, 0.6) is 0 Å². The molecule has 0 rings (SSSR count). The average molecular weight is 72.1 g/mol. The summed E-state index contributed by atoms with van der Waals surface area (Å²) in [5.74, 6) is 0. The van der Waals surface area contributed by atoms with E-state index >= 15 is 0 Å². The van der Waals surface area contributed by atoms with Gasteiger partial charge in [0.1, 0.15) is 6.29 Å². The average Bonchev–Trinajstić information content (AvgIpc) is 1.38. The lowest BCUT2D eigenvalue weighted by molar-refractivity contribution is -0.108. The van der Waals surface area contributed by atoms with Crippen molar-refractivity contribution in [2.75, 3.05) is 0 Å². The molecule has 0 aliphatic carbocycles. The Hall–Kier alpha value is -0.370. The zero-order valence-corrected chi connectivity index (χ0v) is 3.06. The van der Waals surface area contributed by atoms with Gasteiger partial charge in [-0.1, -0.05) is 0 Å². The molecule has 0 fully saturated rings. The van der Waals surface area contributed by atoms with E-state index in [4.69, 9.17) is 5.73 Å². The fourth-order valence-electron chi connectivity index (χ4n) is 0. The van der Waals surface area contributed by atoms with Crippen LogP contribution < -0.4 is 5.73 Å². The number of carbonyl (C=O) groups excluding carboxylic acids is 1. The van der Waals surface area contributed by atoms with Crippen LogP contribution in [0.25, 0.3) is 0 Å². The predicted octanol–water partition coefficient (Wildman–Crippen LogP) is -0.143. The van der Waals surface area contributed by atoms with Gasteiger partial charge in [-0.05, 0) is 6.92 Å². The Morgan fingerprint density at radius 2 is 2.20 bits per heavy atom. The molecular formula is C3H6NO. The van der Waals surface area contributed by atoms with Crippen LogP contribution in [-0.2, 0) is 4.79 Å². The first-order chi connectivity index (χ1) is 2.27. The predicted molar refractivity (Wildman–Crippen MR) is 18.6 cm³/mol. The minimum atomic E-state index is -0.546. The van der Waals surface area contributed by atoms with Crippen molar-refractivity contribution in [3.63, 3.8) is 0 Å². The van der Waals surface area contributed by atoms with E-state index in [0.717, 1.165) is 0 Å². The first kappa shape index (κ1) is 4.63. The van der Waals surface area contributed by atoms with Crippen LogP contribution in [0.1, 0.15) is 6.92 Å². The largest absolute Gasteiger partial charge is 0.302 e. The van der Waals surface area contributed by atoms with Gasteiger partial charge >= 0.3 is 0 Å². The number of aldehydes is 1. The van der Waals surface area contributed by atoms with Gasteiger partial charge in [-0.25, -0.2) is 5.73 Å². The van der Waals surface area contributed by atoms with Gasteiger partial charge in [0.05, 0.1) is 6.04 Å². The van der Waals surface area contributed by atoms with Crippen molar-refractivity contribution in [3.05, 3.63) is 0 Å². The van der Waals surface area contributed by atoms with Gasteiger partial charge in [0.15, 0.2) is 0 Å². The van der Waals surface area contributed by atoms with Gasteiger partial charge < -0.3 is 4.79 Å². The molecule has 0 bridgehead atoms. The second-order valence-corrected chi connectivity index (χ2v) is 0.925. The summed E-state index contributed by atoms with van der Waals surface area (Å²) >= 11 is 0. The van der Waals surface area contributed by atoms with E-state index in [1.54, 1.807) is 0 Å². The SMILES string of the molecule is CC([NH])C=O. The minimum Gasteiger partial charge on any atom is -0.302 e. The van der Waals surface area contributed by atoms with Crippen molar-refractivity contribution in [3.8, 4) is 0 Å². The quantitative estimate of drug-likeness (QED) is 0.397. The van der Waals surface area contributed by atoms with Gasteiger partial charge in [0, 0.05) is 0 Å². The fraction of sp³-hybridized carbons (Fsp3) is 0.667. The Morgan fingerprint density at radius 1 is 2.00 bits per heavy atom. The Balaban J connectivity index is 2.83. The Bertz CT molecular complexity index is 33.9. The molecule has 0 saturated heterocycles. The molecule has 1 unspecified atom stereocenters. The molecule has 0 aromatic heterocycles. The molecule has 2 nitrogen and oxygen atoms in total. The van der Waals surface area contributed by atoms with Gasteiger partial charge in [-0.2, -0.15) is 0 Å². The van der Waals surface area contributed by atoms with Gasteiger partial charge in [-0.3, -0.25) is 0 Å². The summed E-state index contributed by atoms with van der Waals surface area (Å²) in [5.41, 5.74) is 6.46. The Kier molecular flexibility index (Phi) is 1.76. The summed E-state index contributed by atoms with van der Waals surface area (Å²) < 4.78 is 0. The van der Waals surface area contributed by atoms with Crippen LogP contribution in [0.15, 0.2) is 0 Å².